The van der Waals surface area contributed by atoms with Gasteiger partial charge < -0.3 is 14.7 Å². The molecule has 0 bridgehead atoms. The van der Waals surface area contributed by atoms with Crippen molar-refractivity contribution in [1.29, 1.82) is 0 Å². The Morgan fingerprint density at radius 3 is 2.66 bits per heavy atom. The van der Waals surface area contributed by atoms with E-state index in [1.54, 1.807) is 24.9 Å². The number of β-lactam (4-membered cyclic amide) rings is 1. The molecule has 11 heteroatoms. The molecule has 0 saturated carbocycles. The van der Waals surface area contributed by atoms with Crippen molar-refractivity contribution in [2.24, 2.45) is 11.8 Å². The van der Waals surface area contributed by atoms with Gasteiger partial charge in [0.25, 0.3) is 5.69 Å². The predicted molar refractivity (Wildman–Crippen MR) is 133 cm³/mol. The van der Waals surface area contributed by atoms with Gasteiger partial charge in [-0.15, -0.1) is 23.5 Å². The maximum Gasteiger partial charge on any atom is 0.356 e. The van der Waals surface area contributed by atoms with E-state index < -0.39 is 22.9 Å². The molecule has 4 atom stereocenters. The molecule has 4 rings (SSSR count). The molecule has 0 aliphatic carbocycles. The number of aromatic nitrogens is 1. The number of amides is 1. The number of thioether (sulfide) groups is 2. The van der Waals surface area contributed by atoms with E-state index in [4.69, 9.17) is 4.74 Å². The monoisotopic (exact) mass is 515 g/mol. The minimum Gasteiger partial charge on any atom is -0.456 e. The van der Waals surface area contributed by atoms with E-state index in [2.05, 4.69) is 4.98 Å². The number of aliphatic hydroxyl groups is 1. The molecule has 2 aliphatic rings. The van der Waals surface area contributed by atoms with Crippen LogP contribution in [0.1, 0.15) is 25.0 Å². The SMILES string of the molecule is C[C@@H](O)[C@@H]1C(=O)N2C(C(=O)OCc3ccc([N+](=O)[O-])cc3)=C(SCSCc3cccnc3)[C@H](C)[C@H]12. The van der Waals surface area contributed by atoms with E-state index in [0.717, 1.165) is 16.2 Å². The summed E-state index contributed by atoms with van der Waals surface area (Å²) in [6.45, 7) is 3.48. The highest BCUT2D eigenvalue weighted by Gasteiger charge is 2.60. The van der Waals surface area contributed by atoms with Crippen LogP contribution >= 0.6 is 23.5 Å². The molecule has 2 aromatic rings. The number of fused-ring (bicyclic) bond motifs is 1. The molecule has 184 valence electrons. The normalized spacial score (nSPS) is 22.0. The van der Waals surface area contributed by atoms with Crippen molar-refractivity contribution < 1.29 is 24.4 Å². The third-order valence-corrected chi connectivity index (χ3v) is 8.66. The highest BCUT2D eigenvalue weighted by molar-refractivity contribution is 8.17. The molecule has 1 aromatic carbocycles. The lowest BCUT2D eigenvalue weighted by Gasteiger charge is -2.46. The Kier molecular flexibility index (Phi) is 7.78. The number of pyridine rings is 1. The lowest BCUT2D eigenvalue weighted by Crippen LogP contribution is -2.63. The smallest absolute Gasteiger partial charge is 0.356 e. The van der Waals surface area contributed by atoms with Crippen LogP contribution in [0, 0.1) is 22.0 Å². The highest BCUT2D eigenvalue weighted by atomic mass is 32.2. The number of nitrogens with zero attached hydrogens (tertiary/aromatic N) is 3. The first-order valence-electron chi connectivity index (χ1n) is 11.0. The minimum atomic E-state index is -0.812. The fourth-order valence-corrected chi connectivity index (χ4v) is 6.69. The molecule has 0 radical (unpaired) electrons. The van der Waals surface area contributed by atoms with Crippen LogP contribution in [0.4, 0.5) is 5.69 Å². The number of rotatable bonds is 10. The number of nitro groups is 1. The standard InChI is InChI=1S/C24H25N3O6S2/c1-14-20-19(15(2)28)23(29)26(20)21(22(14)35-13-34-12-17-4-3-9-25-10-17)24(30)33-11-16-5-7-18(8-6-16)27(31)32/h3-10,14-15,19-20,28H,11-13H2,1-2H3/t14-,15-,19+,20-/m1/s1. The fourth-order valence-electron chi connectivity index (χ4n) is 4.39. The van der Waals surface area contributed by atoms with Crippen molar-refractivity contribution in [3.8, 4) is 0 Å². The summed E-state index contributed by atoms with van der Waals surface area (Å²) in [5.74, 6) is -0.792. The summed E-state index contributed by atoms with van der Waals surface area (Å²) >= 11 is 3.19. The first-order chi connectivity index (χ1) is 16.8. The Hall–Kier alpha value is -2.89. The molecule has 0 spiro atoms. The van der Waals surface area contributed by atoms with Crippen LogP contribution < -0.4 is 0 Å². The Morgan fingerprint density at radius 2 is 2.03 bits per heavy atom. The van der Waals surface area contributed by atoms with Crippen LogP contribution in [0.2, 0.25) is 0 Å². The van der Waals surface area contributed by atoms with E-state index in [9.17, 15) is 24.8 Å². The largest absolute Gasteiger partial charge is 0.456 e. The van der Waals surface area contributed by atoms with Gasteiger partial charge in [-0.2, -0.15) is 0 Å². The fraction of sp³-hybridized carbons (Fsp3) is 0.375. The molecule has 1 aromatic heterocycles. The number of non-ortho nitro benzene ring substituents is 1. The number of benzene rings is 1. The van der Waals surface area contributed by atoms with Gasteiger partial charge in [-0.3, -0.25) is 19.9 Å². The molecule has 1 N–H and O–H groups in total. The van der Waals surface area contributed by atoms with Crippen LogP contribution in [0.5, 0.6) is 0 Å². The minimum absolute atomic E-state index is 0.0481. The van der Waals surface area contributed by atoms with Gasteiger partial charge >= 0.3 is 5.97 Å². The lowest BCUT2D eigenvalue weighted by molar-refractivity contribution is -0.384. The Bertz CT molecular complexity index is 1140. The topological polar surface area (TPSA) is 123 Å². The third kappa shape index (κ3) is 5.21. The number of carbonyl (C=O) groups excluding carboxylic acids is 2. The molecular weight excluding hydrogens is 490 g/mol. The van der Waals surface area contributed by atoms with Crippen LogP contribution in [0.25, 0.3) is 0 Å². The number of aliphatic hydroxyl groups excluding tert-OH is 1. The second kappa shape index (κ2) is 10.8. The van der Waals surface area contributed by atoms with Crippen molar-refractivity contribution in [2.75, 3.05) is 5.08 Å². The summed E-state index contributed by atoms with van der Waals surface area (Å²) in [6.07, 6.45) is 2.73. The van der Waals surface area contributed by atoms with Crippen molar-refractivity contribution in [3.05, 3.63) is 80.6 Å². The summed E-state index contributed by atoms with van der Waals surface area (Å²) in [5.41, 5.74) is 1.89. The molecule has 0 unspecified atom stereocenters. The van der Waals surface area contributed by atoms with Crippen molar-refractivity contribution in [2.45, 2.75) is 38.4 Å². The Balaban J connectivity index is 1.47. The van der Waals surface area contributed by atoms with Gasteiger partial charge in [-0.05, 0) is 36.2 Å². The summed E-state index contributed by atoms with van der Waals surface area (Å²) in [5, 5.41) is 21.6. The average molecular weight is 516 g/mol. The van der Waals surface area contributed by atoms with Gasteiger partial charge in [0.1, 0.15) is 12.3 Å². The first-order valence-corrected chi connectivity index (χ1v) is 13.2. The lowest BCUT2D eigenvalue weighted by atomic mass is 9.79. The zero-order valence-corrected chi connectivity index (χ0v) is 20.8. The van der Waals surface area contributed by atoms with Gasteiger partial charge in [-0.1, -0.05) is 13.0 Å². The van der Waals surface area contributed by atoms with Crippen molar-refractivity contribution in [1.82, 2.24) is 9.88 Å². The molecule has 1 amide bonds. The van der Waals surface area contributed by atoms with Crippen LogP contribution in [0.15, 0.2) is 59.4 Å². The maximum absolute atomic E-state index is 13.1. The summed E-state index contributed by atoms with van der Waals surface area (Å²) in [4.78, 5) is 42.7. The van der Waals surface area contributed by atoms with Gasteiger partial charge in [0.05, 0.1) is 23.0 Å². The highest BCUT2D eigenvalue weighted by Crippen LogP contribution is 2.51. The van der Waals surface area contributed by atoms with Crippen LogP contribution in [0.3, 0.4) is 0 Å². The molecule has 2 aliphatic heterocycles. The summed E-state index contributed by atoms with van der Waals surface area (Å²) in [6, 6.07) is 9.37. The number of carbonyl (C=O) groups is 2. The first kappa shape index (κ1) is 25.2. The predicted octanol–water partition coefficient (Wildman–Crippen LogP) is 3.73. The second-order valence-corrected chi connectivity index (χ2v) is 10.8. The van der Waals surface area contributed by atoms with E-state index in [1.165, 1.54) is 40.9 Å². The second-order valence-electron chi connectivity index (χ2n) is 8.44. The summed E-state index contributed by atoms with van der Waals surface area (Å²) < 4.78 is 5.51. The van der Waals surface area contributed by atoms with Crippen molar-refractivity contribution in [3.63, 3.8) is 0 Å². The number of esters is 1. The molecule has 35 heavy (non-hydrogen) atoms. The van der Waals surface area contributed by atoms with Crippen molar-refractivity contribution >= 4 is 41.1 Å². The molecular formula is C24H25N3O6S2. The molecule has 1 fully saturated rings. The van der Waals surface area contributed by atoms with Gasteiger partial charge in [0.2, 0.25) is 5.91 Å². The quantitative estimate of drug-likeness (QED) is 0.126. The molecule has 3 heterocycles. The van der Waals surface area contributed by atoms with E-state index in [-0.39, 0.29) is 35.9 Å². The van der Waals surface area contributed by atoms with Crippen LogP contribution in [-0.4, -0.2) is 49.0 Å². The summed E-state index contributed by atoms with van der Waals surface area (Å²) in [7, 11) is 0. The molecule has 9 nitrogen and oxygen atoms in total. The zero-order chi connectivity index (χ0) is 25.1. The van der Waals surface area contributed by atoms with E-state index in [0.29, 0.717) is 10.6 Å². The van der Waals surface area contributed by atoms with Gasteiger partial charge in [-0.25, -0.2) is 4.79 Å². The molecule has 1 saturated heterocycles. The van der Waals surface area contributed by atoms with Gasteiger partial charge in [0, 0.05) is 46.2 Å². The van der Waals surface area contributed by atoms with E-state index >= 15 is 0 Å². The Labute approximate surface area is 211 Å². The number of hydrogen-bond acceptors (Lipinski definition) is 9. The Morgan fingerprint density at radius 1 is 1.29 bits per heavy atom. The number of nitro benzene ring substituents is 1. The van der Waals surface area contributed by atoms with Crippen LogP contribution in [-0.2, 0) is 26.7 Å². The number of hydrogen-bond donors (Lipinski definition) is 1. The zero-order valence-electron chi connectivity index (χ0n) is 19.2. The average Bonchev–Trinajstić information content (AvgIpc) is 3.09. The van der Waals surface area contributed by atoms with E-state index in [1.807, 2.05) is 25.3 Å². The third-order valence-electron chi connectivity index (χ3n) is 6.11. The van der Waals surface area contributed by atoms with Gasteiger partial charge in [0.15, 0.2) is 0 Å². The number of ether oxygens (including phenoxy) is 1. The maximum atomic E-state index is 13.1.